The van der Waals surface area contributed by atoms with Crippen molar-refractivity contribution in [2.24, 2.45) is 5.73 Å². The van der Waals surface area contributed by atoms with E-state index in [1.165, 1.54) is 0 Å². The molecule has 0 amide bonds. The van der Waals surface area contributed by atoms with Crippen LogP contribution in [0.3, 0.4) is 0 Å². The van der Waals surface area contributed by atoms with Crippen LogP contribution < -0.4 is 15.8 Å². The summed E-state index contributed by atoms with van der Waals surface area (Å²) in [5, 5.41) is 13.3. The third-order valence-corrected chi connectivity index (χ3v) is 4.33. The van der Waals surface area contributed by atoms with Crippen molar-refractivity contribution < 1.29 is 4.74 Å². The molecule has 1 fully saturated rings. The van der Waals surface area contributed by atoms with Gasteiger partial charge in [0.2, 0.25) is 0 Å². The molecule has 21 heavy (non-hydrogen) atoms. The Kier molecular flexibility index (Phi) is 5.60. The van der Waals surface area contributed by atoms with Gasteiger partial charge in [-0.2, -0.15) is 5.26 Å². The van der Waals surface area contributed by atoms with Crippen molar-refractivity contribution in [1.29, 1.82) is 5.26 Å². The summed E-state index contributed by atoms with van der Waals surface area (Å²) >= 11 is 0. The van der Waals surface area contributed by atoms with Gasteiger partial charge in [0.25, 0.3) is 0 Å². The third-order valence-electron chi connectivity index (χ3n) is 4.33. The molecule has 0 saturated heterocycles. The monoisotopic (exact) mass is 287 g/mol. The molecular weight excluding hydrogens is 262 g/mol. The zero-order valence-corrected chi connectivity index (χ0v) is 12.8. The second kappa shape index (κ2) is 7.44. The van der Waals surface area contributed by atoms with Crippen LogP contribution in [0.5, 0.6) is 5.75 Å². The first-order valence-corrected chi connectivity index (χ1v) is 7.82. The van der Waals surface area contributed by atoms with E-state index >= 15 is 0 Å². The van der Waals surface area contributed by atoms with Crippen molar-refractivity contribution in [2.45, 2.75) is 44.1 Å². The van der Waals surface area contributed by atoms with E-state index in [-0.39, 0.29) is 0 Å². The summed E-state index contributed by atoms with van der Waals surface area (Å²) in [6.45, 7) is 4.11. The molecule has 1 aromatic rings. The van der Waals surface area contributed by atoms with E-state index in [0.717, 1.165) is 43.5 Å². The number of nitrogens with two attached hydrogens (primary N) is 1. The van der Waals surface area contributed by atoms with Crippen molar-refractivity contribution in [3.63, 3.8) is 0 Å². The maximum atomic E-state index is 9.80. The highest BCUT2D eigenvalue weighted by Crippen LogP contribution is 2.42. The molecule has 1 aliphatic rings. The number of benzene rings is 1. The lowest BCUT2D eigenvalue weighted by Crippen LogP contribution is -2.41. The van der Waals surface area contributed by atoms with Gasteiger partial charge >= 0.3 is 0 Å². The summed E-state index contributed by atoms with van der Waals surface area (Å²) in [5.74, 6) is 0.856. The standard InChI is InChI=1S/C17H25N3O/c1-2-21-16-6-4-3-5-15(16)17(13-19)9-7-14(8-10-17)20-12-11-18/h3-6,14,20H,2,7-12,18H2,1H3. The van der Waals surface area contributed by atoms with E-state index in [0.29, 0.717) is 19.2 Å². The molecule has 0 unspecified atom stereocenters. The third kappa shape index (κ3) is 3.55. The van der Waals surface area contributed by atoms with Gasteiger partial charge in [0, 0.05) is 24.7 Å². The summed E-state index contributed by atoms with van der Waals surface area (Å²) in [5.41, 5.74) is 6.18. The number of para-hydroxylation sites is 1. The van der Waals surface area contributed by atoms with Crippen molar-refractivity contribution in [2.75, 3.05) is 19.7 Å². The van der Waals surface area contributed by atoms with E-state index in [4.69, 9.17) is 10.5 Å². The highest BCUT2D eigenvalue weighted by atomic mass is 16.5. The van der Waals surface area contributed by atoms with E-state index in [1.807, 2.05) is 31.2 Å². The average Bonchev–Trinajstić information content (AvgIpc) is 2.54. The van der Waals surface area contributed by atoms with Crippen LogP contribution in [-0.2, 0) is 5.41 Å². The lowest BCUT2D eigenvalue weighted by atomic mass is 9.69. The molecule has 0 heterocycles. The Hall–Kier alpha value is -1.57. The molecule has 0 bridgehead atoms. The van der Waals surface area contributed by atoms with Gasteiger partial charge in [-0.05, 0) is 38.7 Å². The molecule has 0 radical (unpaired) electrons. The molecule has 0 aromatic heterocycles. The van der Waals surface area contributed by atoms with E-state index in [9.17, 15) is 5.26 Å². The quantitative estimate of drug-likeness (QED) is 0.842. The minimum absolute atomic E-state index is 0.410. The van der Waals surface area contributed by atoms with Crippen LogP contribution in [0, 0.1) is 11.3 Å². The molecule has 0 aliphatic heterocycles. The second-order valence-corrected chi connectivity index (χ2v) is 5.64. The first kappa shape index (κ1) is 15.8. The minimum atomic E-state index is -0.410. The summed E-state index contributed by atoms with van der Waals surface area (Å²) in [7, 11) is 0. The van der Waals surface area contributed by atoms with Gasteiger partial charge in [0.1, 0.15) is 5.75 Å². The van der Waals surface area contributed by atoms with E-state index in [1.54, 1.807) is 0 Å². The lowest BCUT2D eigenvalue weighted by molar-refractivity contribution is 0.280. The van der Waals surface area contributed by atoms with Crippen LogP contribution >= 0.6 is 0 Å². The molecule has 1 saturated carbocycles. The molecule has 4 heteroatoms. The summed E-state index contributed by atoms with van der Waals surface area (Å²) in [4.78, 5) is 0. The molecule has 1 aliphatic carbocycles. The smallest absolute Gasteiger partial charge is 0.124 e. The fourth-order valence-corrected chi connectivity index (χ4v) is 3.19. The van der Waals surface area contributed by atoms with Gasteiger partial charge in [-0.25, -0.2) is 0 Å². The topological polar surface area (TPSA) is 71.1 Å². The second-order valence-electron chi connectivity index (χ2n) is 5.64. The first-order chi connectivity index (χ1) is 10.3. The Morgan fingerprint density at radius 1 is 1.38 bits per heavy atom. The Balaban J connectivity index is 2.15. The number of hydrogen-bond donors (Lipinski definition) is 2. The van der Waals surface area contributed by atoms with Gasteiger partial charge in [0.15, 0.2) is 0 Å². The number of ether oxygens (including phenoxy) is 1. The summed E-state index contributed by atoms with van der Waals surface area (Å²) < 4.78 is 5.73. The number of nitriles is 1. The Morgan fingerprint density at radius 3 is 2.71 bits per heavy atom. The zero-order chi connectivity index (χ0) is 15.1. The van der Waals surface area contributed by atoms with Crippen LogP contribution in [0.25, 0.3) is 0 Å². The van der Waals surface area contributed by atoms with Gasteiger partial charge < -0.3 is 15.8 Å². The molecule has 114 valence electrons. The summed E-state index contributed by atoms with van der Waals surface area (Å²) in [6.07, 6.45) is 3.76. The van der Waals surface area contributed by atoms with E-state index < -0.39 is 5.41 Å². The van der Waals surface area contributed by atoms with Gasteiger partial charge in [-0.15, -0.1) is 0 Å². The highest BCUT2D eigenvalue weighted by molar-refractivity contribution is 5.44. The maximum Gasteiger partial charge on any atom is 0.124 e. The van der Waals surface area contributed by atoms with Crippen LogP contribution in [0.15, 0.2) is 24.3 Å². The highest BCUT2D eigenvalue weighted by Gasteiger charge is 2.38. The van der Waals surface area contributed by atoms with Gasteiger partial charge in [-0.1, -0.05) is 18.2 Å². The molecule has 2 rings (SSSR count). The molecule has 3 N–H and O–H groups in total. The number of nitrogens with one attached hydrogen (secondary N) is 1. The fraction of sp³-hybridized carbons (Fsp3) is 0.588. The van der Waals surface area contributed by atoms with Crippen LogP contribution in [-0.4, -0.2) is 25.7 Å². The van der Waals surface area contributed by atoms with Crippen molar-refractivity contribution >= 4 is 0 Å². The van der Waals surface area contributed by atoms with Crippen molar-refractivity contribution in [3.05, 3.63) is 29.8 Å². The SMILES string of the molecule is CCOc1ccccc1C1(C#N)CCC(NCCN)CC1. The average molecular weight is 287 g/mol. The predicted octanol–water partition coefficient (Wildman–Crippen LogP) is 2.34. The maximum absolute atomic E-state index is 9.80. The fourth-order valence-electron chi connectivity index (χ4n) is 3.19. The van der Waals surface area contributed by atoms with Crippen LogP contribution in [0.4, 0.5) is 0 Å². The Bertz CT molecular complexity index is 487. The molecule has 0 atom stereocenters. The molecule has 0 spiro atoms. The number of rotatable bonds is 6. The van der Waals surface area contributed by atoms with Gasteiger partial charge in [0.05, 0.1) is 18.1 Å². The predicted molar refractivity (Wildman–Crippen MR) is 84.2 cm³/mol. The zero-order valence-electron chi connectivity index (χ0n) is 12.8. The minimum Gasteiger partial charge on any atom is -0.494 e. The first-order valence-electron chi connectivity index (χ1n) is 7.82. The summed E-state index contributed by atoms with van der Waals surface area (Å²) in [6, 6.07) is 11.0. The lowest BCUT2D eigenvalue weighted by Gasteiger charge is -2.36. The molecular formula is C17H25N3O. The number of nitrogens with zero attached hydrogens (tertiary/aromatic N) is 1. The van der Waals surface area contributed by atoms with E-state index in [2.05, 4.69) is 11.4 Å². The largest absolute Gasteiger partial charge is 0.494 e. The molecule has 4 nitrogen and oxygen atoms in total. The van der Waals surface area contributed by atoms with Crippen LogP contribution in [0.2, 0.25) is 0 Å². The Labute approximate surface area is 127 Å². The number of hydrogen-bond acceptors (Lipinski definition) is 4. The Morgan fingerprint density at radius 2 is 2.10 bits per heavy atom. The van der Waals surface area contributed by atoms with Gasteiger partial charge in [-0.3, -0.25) is 0 Å². The van der Waals surface area contributed by atoms with Crippen molar-refractivity contribution in [1.82, 2.24) is 5.32 Å². The van der Waals surface area contributed by atoms with Crippen LogP contribution in [0.1, 0.15) is 38.2 Å². The van der Waals surface area contributed by atoms with Crippen molar-refractivity contribution in [3.8, 4) is 11.8 Å². The normalized spacial score (nSPS) is 25.3. The molecule has 1 aromatic carbocycles.